The summed E-state index contributed by atoms with van der Waals surface area (Å²) in [5.74, 6) is 1.54. The molecule has 18 heavy (non-hydrogen) atoms. The lowest BCUT2D eigenvalue weighted by atomic mass is 10.0. The maximum absolute atomic E-state index is 5.34. The van der Waals surface area contributed by atoms with Crippen LogP contribution in [-0.2, 0) is 0 Å². The summed E-state index contributed by atoms with van der Waals surface area (Å²) in [7, 11) is 3.31. The molecule has 1 unspecified atom stereocenters. The van der Waals surface area contributed by atoms with Gasteiger partial charge in [0.05, 0.1) is 14.2 Å². The zero-order chi connectivity index (χ0) is 13.4. The van der Waals surface area contributed by atoms with Crippen LogP contribution in [0.3, 0.4) is 0 Å². The van der Waals surface area contributed by atoms with Crippen molar-refractivity contribution >= 4 is 0 Å². The van der Waals surface area contributed by atoms with Crippen molar-refractivity contribution in [1.29, 1.82) is 0 Å². The summed E-state index contributed by atoms with van der Waals surface area (Å²) < 4.78 is 10.6. The molecule has 0 spiro atoms. The van der Waals surface area contributed by atoms with Crippen LogP contribution in [0.5, 0.6) is 11.5 Å². The largest absolute Gasteiger partial charge is 0.493 e. The van der Waals surface area contributed by atoms with Gasteiger partial charge in [-0.25, -0.2) is 0 Å². The fourth-order valence-corrected chi connectivity index (χ4v) is 1.99. The van der Waals surface area contributed by atoms with Gasteiger partial charge in [0.25, 0.3) is 0 Å². The van der Waals surface area contributed by atoms with Crippen molar-refractivity contribution in [2.45, 2.75) is 25.8 Å². The molecule has 1 atom stereocenters. The van der Waals surface area contributed by atoms with Gasteiger partial charge in [-0.2, -0.15) is 0 Å². The Kier molecular flexibility index (Phi) is 6.29. The third-order valence-corrected chi connectivity index (χ3v) is 2.92. The van der Waals surface area contributed by atoms with Crippen LogP contribution in [0.25, 0.3) is 0 Å². The fraction of sp³-hybridized carbons (Fsp3) is 0.467. The first-order valence-electron chi connectivity index (χ1n) is 6.33. The summed E-state index contributed by atoms with van der Waals surface area (Å²) in [6.45, 7) is 6.83. The quantitative estimate of drug-likeness (QED) is 0.717. The van der Waals surface area contributed by atoms with Crippen molar-refractivity contribution in [3.05, 3.63) is 36.4 Å². The minimum absolute atomic E-state index is 0.327. The van der Waals surface area contributed by atoms with Gasteiger partial charge in [-0.1, -0.05) is 19.1 Å². The van der Waals surface area contributed by atoms with Gasteiger partial charge in [-0.05, 0) is 37.1 Å². The smallest absolute Gasteiger partial charge is 0.161 e. The molecule has 0 radical (unpaired) electrons. The second-order valence-corrected chi connectivity index (χ2v) is 4.09. The Balaban J connectivity index is 2.92. The number of nitrogens with one attached hydrogen (secondary N) is 1. The number of hydrogen-bond donors (Lipinski definition) is 1. The predicted molar refractivity (Wildman–Crippen MR) is 75.4 cm³/mol. The molecular weight excluding hydrogens is 226 g/mol. The van der Waals surface area contributed by atoms with E-state index < -0.39 is 0 Å². The van der Waals surface area contributed by atoms with Crippen LogP contribution < -0.4 is 14.8 Å². The Morgan fingerprint density at radius 3 is 2.56 bits per heavy atom. The maximum atomic E-state index is 5.34. The highest BCUT2D eigenvalue weighted by atomic mass is 16.5. The normalized spacial score (nSPS) is 11.9. The molecule has 0 amide bonds. The van der Waals surface area contributed by atoms with Crippen molar-refractivity contribution in [3.63, 3.8) is 0 Å². The van der Waals surface area contributed by atoms with Gasteiger partial charge >= 0.3 is 0 Å². The molecular formula is C15H23NO2. The van der Waals surface area contributed by atoms with E-state index in [1.165, 1.54) is 5.56 Å². The van der Waals surface area contributed by atoms with Gasteiger partial charge in [0.2, 0.25) is 0 Å². The molecule has 0 fully saturated rings. The Labute approximate surface area is 110 Å². The lowest BCUT2D eigenvalue weighted by molar-refractivity contribution is 0.353. The third-order valence-electron chi connectivity index (χ3n) is 2.92. The van der Waals surface area contributed by atoms with Crippen molar-refractivity contribution in [3.8, 4) is 11.5 Å². The molecule has 1 aromatic carbocycles. The molecule has 0 heterocycles. The SMILES string of the molecule is C=CCCC(NCC)c1ccc(OC)c(OC)c1. The molecule has 0 saturated heterocycles. The standard InChI is InChI=1S/C15H23NO2/c1-5-7-8-13(16-6-2)12-9-10-14(17-3)15(11-12)18-4/h5,9-11,13,16H,1,6-8H2,2-4H3. The summed E-state index contributed by atoms with van der Waals surface area (Å²) >= 11 is 0. The van der Waals surface area contributed by atoms with Gasteiger partial charge in [0, 0.05) is 6.04 Å². The average Bonchev–Trinajstić information content (AvgIpc) is 2.42. The highest BCUT2D eigenvalue weighted by Gasteiger charge is 2.12. The van der Waals surface area contributed by atoms with Gasteiger partial charge in [0.1, 0.15) is 0 Å². The molecule has 0 aliphatic rings. The topological polar surface area (TPSA) is 30.5 Å². The van der Waals surface area contributed by atoms with Gasteiger partial charge in [-0.3, -0.25) is 0 Å². The van der Waals surface area contributed by atoms with Crippen LogP contribution in [-0.4, -0.2) is 20.8 Å². The first kappa shape index (κ1) is 14.6. The zero-order valence-corrected chi connectivity index (χ0v) is 11.5. The van der Waals surface area contributed by atoms with Crippen LogP contribution >= 0.6 is 0 Å². The second kappa shape index (κ2) is 7.77. The van der Waals surface area contributed by atoms with E-state index in [0.717, 1.165) is 30.9 Å². The Morgan fingerprint density at radius 1 is 1.28 bits per heavy atom. The van der Waals surface area contributed by atoms with Crippen LogP contribution in [0.1, 0.15) is 31.4 Å². The number of benzene rings is 1. The summed E-state index contributed by atoms with van der Waals surface area (Å²) in [6, 6.07) is 6.40. The van der Waals surface area contributed by atoms with E-state index in [0.29, 0.717) is 6.04 Å². The van der Waals surface area contributed by atoms with Crippen molar-refractivity contribution < 1.29 is 9.47 Å². The molecule has 100 valence electrons. The number of methoxy groups -OCH3 is 2. The highest BCUT2D eigenvalue weighted by molar-refractivity contribution is 5.43. The third kappa shape index (κ3) is 3.77. The predicted octanol–water partition coefficient (Wildman–Crippen LogP) is 3.32. The molecule has 1 rings (SSSR count). The van der Waals surface area contributed by atoms with Crippen molar-refractivity contribution in [2.75, 3.05) is 20.8 Å². The first-order valence-corrected chi connectivity index (χ1v) is 6.33. The van der Waals surface area contributed by atoms with E-state index in [9.17, 15) is 0 Å². The van der Waals surface area contributed by atoms with Gasteiger partial charge < -0.3 is 14.8 Å². The zero-order valence-electron chi connectivity index (χ0n) is 11.5. The van der Waals surface area contributed by atoms with E-state index in [2.05, 4.69) is 24.9 Å². The van der Waals surface area contributed by atoms with E-state index in [1.807, 2.05) is 18.2 Å². The minimum atomic E-state index is 0.327. The Bertz CT molecular complexity index is 377. The number of allylic oxidation sites excluding steroid dienone is 1. The summed E-state index contributed by atoms with van der Waals surface area (Å²) in [5, 5.41) is 3.48. The van der Waals surface area contributed by atoms with Gasteiger partial charge in [0.15, 0.2) is 11.5 Å². The van der Waals surface area contributed by atoms with E-state index >= 15 is 0 Å². The first-order chi connectivity index (χ1) is 8.76. The van der Waals surface area contributed by atoms with Crippen LogP contribution in [0.4, 0.5) is 0 Å². The Morgan fingerprint density at radius 2 is 2.00 bits per heavy atom. The van der Waals surface area contributed by atoms with Crippen LogP contribution in [0, 0.1) is 0 Å². The molecule has 1 aromatic rings. The summed E-state index contributed by atoms with van der Waals surface area (Å²) in [5.41, 5.74) is 1.22. The molecule has 0 bridgehead atoms. The van der Waals surface area contributed by atoms with E-state index in [1.54, 1.807) is 14.2 Å². The Hall–Kier alpha value is -1.48. The number of ether oxygens (including phenoxy) is 2. The van der Waals surface area contributed by atoms with E-state index in [-0.39, 0.29) is 0 Å². The molecule has 3 nitrogen and oxygen atoms in total. The van der Waals surface area contributed by atoms with Crippen LogP contribution in [0.15, 0.2) is 30.9 Å². The monoisotopic (exact) mass is 249 g/mol. The van der Waals surface area contributed by atoms with E-state index in [4.69, 9.17) is 9.47 Å². The molecule has 0 aromatic heterocycles. The number of hydrogen-bond acceptors (Lipinski definition) is 3. The second-order valence-electron chi connectivity index (χ2n) is 4.09. The summed E-state index contributed by atoms with van der Waals surface area (Å²) in [4.78, 5) is 0. The minimum Gasteiger partial charge on any atom is -0.493 e. The number of rotatable bonds is 8. The summed E-state index contributed by atoms with van der Waals surface area (Å²) in [6.07, 6.45) is 3.98. The molecule has 1 N–H and O–H groups in total. The van der Waals surface area contributed by atoms with Gasteiger partial charge in [-0.15, -0.1) is 6.58 Å². The van der Waals surface area contributed by atoms with Crippen molar-refractivity contribution in [1.82, 2.24) is 5.32 Å². The fourth-order valence-electron chi connectivity index (χ4n) is 1.99. The molecule has 3 heteroatoms. The molecule has 0 aliphatic heterocycles. The molecule has 0 saturated carbocycles. The van der Waals surface area contributed by atoms with Crippen molar-refractivity contribution in [2.24, 2.45) is 0 Å². The molecule has 0 aliphatic carbocycles. The average molecular weight is 249 g/mol. The maximum Gasteiger partial charge on any atom is 0.161 e. The lowest BCUT2D eigenvalue weighted by Gasteiger charge is -2.19. The lowest BCUT2D eigenvalue weighted by Crippen LogP contribution is -2.20. The van der Waals surface area contributed by atoms with Crippen LogP contribution in [0.2, 0.25) is 0 Å². The highest BCUT2D eigenvalue weighted by Crippen LogP contribution is 2.31.